The van der Waals surface area contributed by atoms with Gasteiger partial charge in [-0.05, 0) is 36.8 Å². The molecule has 0 spiro atoms. The highest BCUT2D eigenvalue weighted by molar-refractivity contribution is 7.10. The quantitative estimate of drug-likeness (QED) is 0.0986. The number of aromatic nitrogens is 4. The number of nitrogens with zero attached hydrogens (tertiary/aromatic N) is 6. The topological polar surface area (TPSA) is 134 Å². The summed E-state index contributed by atoms with van der Waals surface area (Å²) < 4.78 is 42.4. The average molecular weight is 753 g/mol. The molecule has 0 fully saturated rings. The molecule has 2 atom stereocenters. The van der Waals surface area contributed by atoms with Gasteiger partial charge in [0, 0.05) is 48.0 Å². The summed E-state index contributed by atoms with van der Waals surface area (Å²) in [6, 6.07) is 11.8. The Bertz CT molecular complexity index is 1660. The molecule has 45 heavy (non-hydrogen) atoms. The van der Waals surface area contributed by atoms with Crippen LogP contribution in [-0.2, 0) is 33.1 Å². The molecule has 0 saturated carbocycles. The first-order valence-corrected chi connectivity index (χ1v) is 14.4. The Morgan fingerprint density at radius 3 is 2.64 bits per heavy atom. The van der Waals surface area contributed by atoms with Gasteiger partial charge in [0.2, 0.25) is 13.1 Å². The van der Waals surface area contributed by atoms with Gasteiger partial charge in [-0.15, -0.1) is 16.0 Å². The van der Waals surface area contributed by atoms with E-state index in [0.29, 0.717) is 29.2 Å². The van der Waals surface area contributed by atoms with Crippen LogP contribution in [0.4, 0.5) is 13.6 Å². The van der Waals surface area contributed by atoms with Crippen LogP contribution in [0.15, 0.2) is 60.5 Å². The van der Waals surface area contributed by atoms with Crippen LogP contribution in [0.2, 0.25) is 0 Å². The highest BCUT2D eigenvalue weighted by atomic mass is 127. The van der Waals surface area contributed by atoms with E-state index >= 15 is 4.39 Å². The molecule has 0 aliphatic carbocycles. The van der Waals surface area contributed by atoms with E-state index in [1.54, 1.807) is 43.6 Å². The minimum atomic E-state index is -1.99. The molecule has 0 aliphatic heterocycles. The first kappa shape index (κ1) is 35.5. The molecule has 238 valence electrons. The van der Waals surface area contributed by atoms with E-state index in [9.17, 15) is 19.1 Å². The van der Waals surface area contributed by atoms with Gasteiger partial charge >= 0.3 is 12.1 Å². The third-order valence-electron chi connectivity index (χ3n) is 6.94. The highest BCUT2D eigenvalue weighted by Crippen LogP contribution is 2.41. The molecule has 2 unspecified atom stereocenters. The molecule has 0 bridgehead atoms. The summed E-state index contributed by atoms with van der Waals surface area (Å²) in [5, 5.41) is 27.6. The van der Waals surface area contributed by atoms with E-state index in [1.165, 1.54) is 45.1 Å². The van der Waals surface area contributed by atoms with Gasteiger partial charge in [-0.1, -0.05) is 19.1 Å². The van der Waals surface area contributed by atoms with Crippen LogP contribution in [0, 0.1) is 23.0 Å². The molecule has 1 amide bonds. The zero-order chi connectivity index (χ0) is 31.9. The highest BCUT2D eigenvalue weighted by Gasteiger charge is 2.43. The zero-order valence-electron chi connectivity index (χ0n) is 24.7. The maximum absolute atomic E-state index is 15.1. The standard InChI is InChI=1S/C30H31F2N6O5S.HI/c1-20(28-35-27(15-44-28)23-7-5-22(14-33)6-8-23)30(41,25-13-24(31)9-10-26(25)32)16-38-18-37(17-34-38)19-43-29(40)36(3)11-4-12-42-21(2)39;/h5-10,13,15,17-18,20,41H,4,11-12,16,19H2,1-3H3;1H/q+1;/p-1. The summed E-state index contributed by atoms with van der Waals surface area (Å²) >= 11 is 1.26. The van der Waals surface area contributed by atoms with Gasteiger partial charge in [-0.25, -0.2) is 23.1 Å². The van der Waals surface area contributed by atoms with E-state index in [4.69, 9.17) is 14.7 Å². The normalized spacial score (nSPS) is 12.7. The average Bonchev–Trinajstić information content (AvgIpc) is 3.68. The number of benzene rings is 2. The largest absolute Gasteiger partial charge is 1.00 e. The monoisotopic (exact) mass is 752 g/mol. The molecule has 2 heterocycles. The van der Waals surface area contributed by atoms with Crippen molar-refractivity contribution in [2.75, 3.05) is 20.2 Å². The number of aliphatic hydroxyl groups is 1. The second-order valence-electron chi connectivity index (χ2n) is 10.1. The molecule has 11 nitrogen and oxygen atoms in total. The van der Waals surface area contributed by atoms with Crippen molar-refractivity contribution in [1.29, 1.82) is 5.26 Å². The van der Waals surface area contributed by atoms with Crippen molar-refractivity contribution in [1.82, 2.24) is 19.7 Å². The summed E-state index contributed by atoms with van der Waals surface area (Å²) in [6.07, 6.45) is 2.67. The van der Waals surface area contributed by atoms with Crippen molar-refractivity contribution in [3.05, 3.63) is 88.3 Å². The Hall–Kier alpha value is -4.01. The Labute approximate surface area is 279 Å². The first-order valence-electron chi connectivity index (χ1n) is 13.6. The maximum Gasteiger partial charge on any atom is 0.412 e. The lowest BCUT2D eigenvalue weighted by atomic mass is 9.82. The van der Waals surface area contributed by atoms with Crippen molar-refractivity contribution in [3.8, 4) is 17.3 Å². The number of hydrogen-bond acceptors (Lipinski definition) is 9. The number of esters is 1. The predicted molar refractivity (Wildman–Crippen MR) is 154 cm³/mol. The summed E-state index contributed by atoms with van der Waals surface area (Å²) in [7, 11) is 1.55. The zero-order valence-corrected chi connectivity index (χ0v) is 27.7. The minimum absolute atomic E-state index is 0. The third-order valence-corrected chi connectivity index (χ3v) is 7.97. The first-order chi connectivity index (χ1) is 21.0. The fraction of sp³-hybridized carbons (Fsp3) is 0.333. The molecule has 2 aromatic heterocycles. The van der Waals surface area contributed by atoms with Gasteiger partial charge in [0.15, 0.2) is 0 Å². The number of ether oxygens (including phenoxy) is 2. The molecule has 15 heteroatoms. The number of halogens is 3. The number of rotatable bonds is 12. The van der Waals surface area contributed by atoms with Crippen molar-refractivity contribution in [2.45, 2.75) is 45.1 Å². The van der Waals surface area contributed by atoms with Crippen LogP contribution in [-0.4, -0.2) is 57.0 Å². The van der Waals surface area contributed by atoms with Crippen LogP contribution >= 0.6 is 11.3 Å². The number of thiazole rings is 1. The number of hydrogen-bond donors (Lipinski definition) is 1. The minimum Gasteiger partial charge on any atom is -1.00 e. The number of nitriles is 1. The number of carbonyl (C=O) groups excluding carboxylic acids is 2. The van der Waals surface area contributed by atoms with Gasteiger partial charge < -0.3 is 43.5 Å². The predicted octanol–water partition coefficient (Wildman–Crippen LogP) is 1.12. The van der Waals surface area contributed by atoms with E-state index in [-0.39, 0.29) is 49.4 Å². The third kappa shape index (κ3) is 9.02. The van der Waals surface area contributed by atoms with Crippen molar-refractivity contribution in [3.63, 3.8) is 0 Å². The van der Waals surface area contributed by atoms with Crippen molar-refractivity contribution >= 4 is 23.4 Å². The van der Waals surface area contributed by atoms with Gasteiger partial charge in [0.1, 0.15) is 23.8 Å². The van der Waals surface area contributed by atoms with Crippen LogP contribution in [0.5, 0.6) is 0 Å². The number of carbonyl (C=O) groups is 2. The molecule has 0 saturated heterocycles. The van der Waals surface area contributed by atoms with E-state index in [1.807, 2.05) is 0 Å². The van der Waals surface area contributed by atoms with E-state index in [2.05, 4.69) is 16.2 Å². The Morgan fingerprint density at radius 2 is 1.96 bits per heavy atom. The summed E-state index contributed by atoms with van der Waals surface area (Å²) in [4.78, 5) is 29.2. The molecular weight excluding hydrogens is 721 g/mol. The summed E-state index contributed by atoms with van der Waals surface area (Å²) in [6.45, 7) is 2.98. The Kier molecular flexibility index (Phi) is 12.5. The second-order valence-corrected chi connectivity index (χ2v) is 11.0. The second kappa shape index (κ2) is 15.8. The lowest BCUT2D eigenvalue weighted by Gasteiger charge is -2.32. The SMILES string of the molecule is CC(=O)OCCCN(C)C(=O)OC[n+]1cnn(CC(O)(c2cc(F)ccc2F)C(C)c2nc(-c3ccc(C#N)cc3)cs2)c1.[I-]. The van der Waals surface area contributed by atoms with Gasteiger partial charge in [0.05, 0.1) is 28.9 Å². The van der Waals surface area contributed by atoms with E-state index in [0.717, 1.165) is 23.8 Å². The van der Waals surface area contributed by atoms with E-state index < -0.39 is 35.2 Å². The molecule has 0 aliphatic rings. The number of amides is 1. The molecule has 4 aromatic rings. The lowest BCUT2D eigenvalue weighted by Crippen LogP contribution is -3.00. The molecule has 0 radical (unpaired) electrons. The maximum atomic E-state index is 15.1. The molecular formula is C30H31F2IN6O5S. The molecule has 2 aromatic carbocycles. The Morgan fingerprint density at radius 1 is 1.22 bits per heavy atom. The van der Waals surface area contributed by atoms with Gasteiger partial charge in [-0.2, -0.15) is 5.26 Å². The summed E-state index contributed by atoms with van der Waals surface area (Å²) in [5.41, 5.74) is -0.378. The molecule has 4 rings (SSSR count). The van der Waals surface area contributed by atoms with Crippen molar-refractivity contribution in [2.24, 2.45) is 0 Å². The van der Waals surface area contributed by atoms with Crippen LogP contribution in [0.25, 0.3) is 11.3 Å². The smallest absolute Gasteiger partial charge is 0.412 e. The fourth-order valence-electron chi connectivity index (χ4n) is 4.43. The van der Waals surface area contributed by atoms with Gasteiger partial charge in [0.25, 0.3) is 6.33 Å². The van der Waals surface area contributed by atoms with Crippen LogP contribution in [0.1, 0.15) is 42.3 Å². The fourth-order valence-corrected chi connectivity index (χ4v) is 5.40. The molecule has 1 N–H and O–H groups in total. The van der Waals surface area contributed by atoms with Crippen LogP contribution in [0.3, 0.4) is 0 Å². The van der Waals surface area contributed by atoms with Crippen LogP contribution < -0.4 is 28.5 Å². The Balaban J connectivity index is 0.00000552. The summed E-state index contributed by atoms with van der Waals surface area (Å²) in [5.74, 6) is -2.73. The van der Waals surface area contributed by atoms with Crippen molar-refractivity contribution < 1.29 is 61.5 Å². The van der Waals surface area contributed by atoms with Gasteiger partial charge in [-0.3, -0.25) is 4.79 Å². The lowest BCUT2D eigenvalue weighted by molar-refractivity contribution is -0.728.